The van der Waals surface area contributed by atoms with Gasteiger partial charge < -0.3 is 5.11 Å². The molecular weight excluding hydrogens is 256 g/mol. The van der Waals surface area contributed by atoms with Gasteiger partial charge >= 0.3 is 0 Å². The number of benzene rings is 2. The van der Waals surface area contributed by atoms with Gasteiger partial charge in [0.15, 0.2) is 0 Å². The number of carbonyl (C=O) groups excluding carboxylic acids is 1. The summed E-state index contributed by atoms with van der Waals surface area (Å²) in [7, 11) is 0. The molecule has 0 aliphatic heterocycles. The lowest BCUT2D eigenvalue weighted by atomic mass is 10.1. The van der Waals surface area contributed by atoms with Crippen LogP contribution in [0.5, 0.6) is 5.75 Å². The Balaban J connectivity index is 2.16. The van der Waals surface area contributed by atoms with E-state index in [1.165, 1.54) is 11.3 Å². The van der Waals surface area contributed by atoms with Crippen LogP contribution in [0.1, 0.15) is 20.8 Å². The van der Waals surface area contributed by atoms with Crippen molar-refractivity contribution in [2.24, 2.45) is 0 Å². The van der Waals surface area contributed by atoms with E-state index in [2.05, 4.69) is 0 Å². The number of ketones is 1. The average molecular weight is 268 g/mol. The molecule has 1 N–H and O–H groups in total. The molecule has 0 bridgehead atoms. The van der Waals surface area contributed by atoms with Gasteiger partial charge in [-0.15, -0.1) is 11.3 Å². The summed E-state index contributed by atoms with van der Waals surface area (Å²) in [4.78, 5) is 12.8. The van der Waals surface area contributed by atoms with Crippen molar-refractivity contribution in [3.63, 3.8) is 0 Å². The molecule has 2 aromatic carbocycles. The molecule has 3 aromatic rings. The predicted octanol–water partition coefficient (Wildman–Crippen LogP) is 4.15. The van der Waals surface area contributed by atoms with Crippen molar-refractivity contribution in [2.75, 3.05) is 0 Å². The van der Waals surface area contributed by atoms with Gasteiger partial charge in [0.1, 0.15) is 10.6 Å². The highest BCUT2D eigenvalue weighted by atomic mass is 32.1. The summed E-state index contributed by atoms with van der Waals surface area (Å²) < 4.78 is 0.933. The molecule has 2 nitrogen and oxygen atoms in total. The Bertz CT molecular complexity index is 757. The molecule has 3 rings (SSSR count). The molecular formula is C16H12O2S. The fourth-order valence-corrected chi connectivity index (χ4v) is 3.11. The number of aryl methyl sites for hydroxylation is 1. The van der Waals surface area contributed by atoms with E-state index < -0.39 is 0 Å². The summed E-state index contributed by atoms with van der Waals surface area (Å²) in [6, 6.07) is 14.9. The zero-order valence-corrected chi connectivity index (χ0v) is 11.2. The minimum absolute atomic E-state index is 0.0950. The van der Waals surface area contributed by atoms with Crippen LogP contribution < -0.4 is 0 Å². The normalized spacial score (nSPS) is 10.8. The maximum atomic E-state index is 12.4. The zero-order valence-electron chi connectivity index (χ0n) is 10.4. The van der Waals surface area contributed by atoms with Crippen LogP contribution in [0.4, 0.5) is 0 Å². The van der Waals surface area contributed by atoms with Crippen molar-refractivity contribution in [1.29, 1.82) is 0 Å². The van der Waals surface area contributed by atoms with Gasteiger partial charge in [-0.05, 0) is 19.1 Å². The third-order valence-corrected chi connectivity index (χ3v) is 4.22. The second kappa shape index (κ2) is 4.52. The molecule has 0 spiro atoms. The van der Waals surface area contributed by atoms with E-state index in [4.69, 9.17) is 0 Å². The lowest BCUT2D eigenvalue weighted by Crippen LogP contribution is -1.97. The standard InChI is InChI=1S/C16H12O2S/c1-10-7-8-13-12(9-10)15(18)16(19-13)14(17)11-5-3-2-4-6-11/h2-9,18H,1H3. The highest BCUT2D eigenvalue weighted by Gasteiger charge is 2.19. The molecule has 0 saturated heterocycles. The van der Waals surface area contributed by atoms with Gasteiger partial charge in [0.2, 0.25) is 5.78 Å². The molecule has 94 valence electrons. The van der Waals surface area contributed by atoms with Crippen LogP contribution in [-0.4, -0.2) is 10.9 Å². The lowest BCUT2D eigenvalue weighted by Gasteiger charge is -1.98. The van der Waals surface area contributed by atoms with Crippen LogP contribution in [0.3, 0.4) is 0 Å². The summed E-state index contributed by atoms with van der Waals surface area (Å²) in [5.74, 6) is -0.0329. The first-order chi connectivity index (χ1) is 9.16. The Labute approximate surface area is 114 Å². The summed E-state index contributed by atoms with van der Waals surface area (Å²) in [5.41, 5.74) is 1.67. The first-order valence-corrected chi connectivity index (χ1v) is 6.80. The average Bonchev–Trinajstić information content (AvgIpc) is 2.76. The first kappa shape index (κ1) is 11.9. The molecule has 0 radical (unpaired) electrons. The Morgan fingerprint density at radius 3 is 2.58 bits per heavy atom. The van der Waals surface area contributed by atoms with Crippen molar-refractivity contribution in [3.05, 3.63) is 64.5 Å². The van der Waals surface area contributed by atoms with E-state index in [1.807, 2.05) is 43.3 Å². The van der Waals surface area contributed by atoms with E-state index in [-0.39, 0.29) is 11.5 Å². The van der Waals surface area contributed by atoms with Gasteiger partial charge in [0.05, 0.1) is 0 Å². The number of aromatic hydroxyl groups is 1. The zero-order chi connectivity index (χ0) is 13.4. The largest absolute Gasteiger partial charge is 0.506 e. The smallest absolute Gasteiger partial charge is 0.206 e. The SMILES string of the molecule is Cc1ccc2sc(C(=O)c3ccccc3)c(O)c2c1. The van der Waals surface area contributed by atoms with Gasteiger partial charge in [0.25, 0.3) is 0 Å². The van der Waals surface area contributed by atoms with E-state index in [9.17, 15) is 9.90 Å². The van der Waals surface area contributed by atoms with Gasteiger partial charge in [-0.3, -0.25) is 4.79 Å². The highest BCUT2D eigenvalue weighted by molar-refractivity contribution is 7.21. The topological polar surface area (TPSA) is 37.3 Å². The number of rotatable bonds is 2. The molecule has 0 aliphatic rings. The maximum absolute atomic E-state index is 12.4. The van der Waals surface area contributed by atoms with Gasteiger partial charge in [-0.2, -0.15) is 0 Å². The summed E-state index contributed by atoms with van der Waals surface area (Å²) >= 11 is 1.34. The first-order valence-electron chi connectivity index (χ1n) is 5.98. The van der Waals surface area contributed by atoms with Crippen molar-refractivity contribution >= 4 is 27.2 Å². The lowest BCUT2D eigenvalue weighted by molar-refractivity contribution is 0.104. The number of carbonyl (C=O) groups is 1. The second-order valence-electron chi connectivity index (χ2n) is 4.47. The maximum Gasteiger partial charge on any atom is 0.206 e. The number of fused-ring (bicyclic) bond motifs is 1. The number of thiophene rings is 1. The summed E-state index contributed by atoms with van der Waals surface area (Å²) in [6.07, 6.45) is 0. The van der Waals surface area contributed by atoms with Gasteiger partial charge in [-0.25, -0.2) is 0 Å². The summed E-state index contributed by atoms with van der Waals surface area (Å²) in [5, 5.41) is 11.0. The molecule has 0 fully saturated rings. The molecule has 19 heavy (non-hydrogen) atoms. The highest BCUT2D eigenvalue weighted by Crippen LogP contribution is 2.38. The van der Waals surface area contributed by atoms with Crippen LogP contribution in [0.2, 0.25) is 0 Å². The van der Waals surface area contributed by atoms with Crippen LogP contribution in [0.25, 0.3) is 10.1 Å². The molecule has 0 amide bonds. The molecule has 3 heteroatoms. The Morgan fingerprint density at radius 1 is 1.11 bits per heavy atom. The molecule has 0 unspecified atom stereocenters. The van der Waals surface area contributed by atoms with Crippen LogP contribution in [-0.2, 0) is 0 Å². The molecule has 1 aromatic heterocycles. The fraction of sp³-hybridized carbons (Fsp3) is 0.0625. The van der Waals surface area contributed by atoms with Gasteiger partial charge in [-0.1, -0.05) is 42.0 Å². The molecule has 1 heterocycles. The van der Waals surface area contributed by atoms with Crippen molar-refractivity contribution in [2.45, 2.75) is 6.92 Å². The van der Waals surface area contributed by atoms with Crippen LogP contribution in [0, 0.1) is 6.92 Å². The van der Waals surface area contributed by atoms with Crippen molar-refractivity contribution in [3.8, 4) is 5.75 Å². The number of hydrogen-bond acceptors (Lipinski definition) is 3. The monoisotopic (exact) mass is 268 g/mol. The van der Waals surface area contributed by atoms with Crippen molar-refractivity contribution in [1.82, 2.24) is 0 Å². The predicted molar refractivity (Wildman–Crippen MR) is 78.1 cm³/mol. The van der Waals surface area contributed by atoms with E-state index >= 15 is 0 Å². The van der Waals surface area contributed by atoms with E-state index in [0.29, 0.717) is 10.4 Å². The third kappa shape index (κ3) is 2.02. The number of hydrogen-bond donors (Lipinski definition) is 1. The van der Waals surface area contributed by atoms with Crippen LogP contribution >= 0.6 is 11.3 Å². The van der Waals surface area contributed by atoms with Gasteiger partial charge in [0, 0.05) is 15.6 Å². The fourth-order valence-electron chi connectivity index (χ4n) is 2.07. The Morgan fingerprint density at radius 2 is 1.84 bits per heavy atom. The van der Waals surface area contributed by atoms with Crippen molar-refractivity contribution < 1.29 is 9.90 Å². The summed E-state index contributed by atoms with van der Waals surface area (Å²) in [6.45, 7) is 1.97. The minimum Gasteiger partial charge on any atom is -0.506 e. The quantitative estimate of drug-likeness (QED) is 0.709. The van der Waals surface area contributed by atoms with E-state index in [0.717, 1.165) is 15.6 Å². The molecule has 0 aliphatic carbocycles. The third-order valence-electron chi connectivity index (χ3n) is 3.06. The van der Waals surface area contributed by atoms with E-state index in [1.54, 1.807) is 12.1 Å². The molecule has 0 atom stereocenters. The second-order valence-corrected chi connectivity index (χ2v) is 5.53. The Hall–Kier alpha value is -2.13. The van der Waals surface area contributed by atoms with Crippen LogP contribution in [0.15, 0.2) is 48.5 Å². The minimum atomic E-state index is -0.128. The Kier molecular flexibility index (Phi) is 2.84. The molecule has 0 saturated carbocycles.